The Morgan fingerprint density at radius 2 is 1.81 bits per heavy atom. The molecule has 1 saturated heterocycles. The molecule has 1 fully saturated rings. The normalized spacial score (nSPS) is 27.1. The maximum absolute atomic E-state index is 10.7. The van der Waals surface area contributed by atoms with Crippen molar-refractivity contribution in [1.29, 1.82) is 0 Å². The Kier molecular flexibility index (Phi) is 4.29. The minimum Gasteiger partial charge on any atom is -0.371 e. The maximum atomic E-state index is 10.7. The van der Waals surface area contributed by atoms with Crippen LogP contribution in [-0.4, -0.2) is 52.2 Å². The van der Waals surface area contributed by atoms with Crippen LogP contribution in [0.3, 0.4) is 0 Å². The molecule has 2 atom stereocenters. The average Bonchev–Trinajstić information content (AvgIpc) is 2.44. The fourth-order valence-electron chi connectivity index (χ4n) is 1.46. The third kappa shape index (κ3) is 5.75. The Balaban J connectivity index is 2.36. The van der Waals surface area contributed by atoms with Crippen molar-refractivity contribution in [2.75, 3.05) is 18.6 Å². The van der Waals surface area contributed by atoms with Crippen LogP contribution in [0.5, 0.6) is 0 Å². The molecule has 0 saturated carbocycles. The van der Waals surface area contributed by atoms with Crippen molar-refractivity contribution in [3.05, 3.63) is 0 Å². The van der Waals surface area contributed by atoms with Crippen LogP contribution < -0.4 is 0 Å². The molecule has 0 unspecified atom stereocenters. The lowest BCUT2D eigenvalue weighted by atomic mass is 10.2. The first-order valence-electron chi connectivity index (χ1n) is 4.61. The molecule has 0 aliphatic carbocycles. The van der Waals surface area contributed by atoms with Crippen molar-refractivity contribution in [1.82, 2.24) is 0 Å². The predicted octanol–water partition coefficient (Wildman–Crippen LogP) is -0.602. The number of hydrogen-bond acceptors (Lipinski definition) is 6. The van der Waals surface area contributed by atoms with E-state index in [1.807, 2.05) is 0 Å². The van der Waals surface area contributed by atoms with Gasteiger partial charge >= 0.3 is 0 Å². The quantitative estimate of drug-likeness (QED) is 0.526. The summed E-state index contributed by atoms with van der Waals surface area (Å²) in [6, 6.07) is 0. The lowest BCUT2D eigenvalue weighted by Crippen LogP contribution is -2.23. The van der Waals surface area contributed by atoms with E-state index in [2.05, 4.69) is 4.18 Å². The molecular weight excluding hydrogens is 260 g/mol. The Morgan fingerprint density at radius 1 is 1.25 bits per heavy atom. The van der Waals surface area contributed by atoms with Crippen LogP contribution in [0.15, 0.2) is 0 Å². The van der Waals surface area contributed by atoms with Gasteiger partial charge in [0.15, 0.2) is 0 Å². The summed E-state index contributed by atoms with van der Waals surface area (Å²) < 4.78 is 60.8. The molecule has 1 aliphatic heterocycles. The van der Waals surface area contributed by atoms with Gasteiger partial charge in [0, 0.05) is 0 Å². The van der Waals surface area contributed by atoms with Gasteiger partial charge in [0.2, 0.25) is 0 Å². The third-order valence-corrected chi connectivity index (χ3v) is 3.42. The first-order valence-corrected chi connectivity index (χ1v) is 8.03. The second-order valence-corrected chi connectivity index (χ2v) is 6.84. The van der Waals surface area contributed by atoms with Gasteiger partial charge in [-0.2, -0.15) is 16.8 Å². The van der Waals surface area contributed by atoms with Gasteiger partial charge in [0.1, 0.15) is 5.75 Å². The van der Waals surface area contributed by atoms with Crippen molar-refractivity contribution in [2.45, 2.75) is 25.0 Å². The van der Waals surface area contributed by atoms with Crippen molar-refractivity contribution in [2.24, 2.45) is 0 Å². The van der Waals surface area contributed by atoms with Crippen molar-refractivity contribution >= 4 is 20.2 Å². The zero-order chi connectivity index (χ0) is 12.4. The highest BCUT2D eigenvalue weighted by Gasteiger charge is 2.29. The molecule has 1 rings (SSSR count). The number of hydrogen-bond donors (Lipinski definition) is 1. The Hall–Kier alpha value is -0.220. The van der Waals surface area contributed by atoms with Gasteiger partial charge < -0.3 is 4.74 Å². The van der Waals surface area contributed by atoms with Crippen LogP contribution in [0.25, 0.3) is 0 Å². The average molecular weight is 274 g/mol. The second kappa shape index (κ2) is 4.96. The first-order chi connectivity index (χ1) is 7.16. The van der Waals surface area contributed by atoms with Crippen LogP contribution in [-0.2, 0) is 29.2 Å². The van der Waals surface area contributed by atoms with E-state index in [1.54, 1.807) is 0 Å². The standard InChI is InChI=1S/C7H14O7S2/c1-15(8,9)13-4-6-2-3-7(14-6)5-16(10,11)12/h6-7H,2-5H2,1H3,(H,10,11,12)/t6-,7-/m1/s1. The van der Waals surface area contributed by atoms with Gasteiger partial charge in [-0.25, -0.2) is 0 Å². The SMILES string of the molecule is CS(=O)(=O)OC[C@H]1CC[C@H](CS(=O)(=O)O)O1. The molecule has 96 valence electrons. The molecule has 0 spiro atoms. The molecule has 0 bridgehead atoms. The number of ether oxygens (including phenoxy) is 1. The molecule has 0 aromatic carbocycles. The number of rotatable bonds is 5. The molecule has 0 amide bonds. The van der Waals surface area contributed by atoms with Gasteiger partial charge in [-0.05, 0) is 12.8 Å². The monoisotopic (exact) mass is 274 g/mol. The van der Waals surface area contributed by atoms with E-state index in [4.69, 9.17) is 9.29 Å². The van der Waals surface area contributed by atoms with Crippen molar-refractivity contribution < 1.29 is 30.3 Å². The Morgan fingerprint density at radius 3 is 2.31 bits per heavy atom. The fourth-order valence-corrected chi connectivity index (χ4v) is 2.57. The summed E-state index contributed by atoms with van der Waals surface area (Å²) in [7, 11) is -7.57. The molecule has 7 nitrogen and oxygen atoms in total. The topological polar surface area (TPSA) is 107 Å². The summed E-state index contributed by atoms with van der Waals surface area (Å²) in [6.45, 7) is -0.124. The van der Waals surface area contributed by atoms with Crippen LogP contribution >= 0.6 is 0 Å². The van der Waals surface area contributed by atoms with E-state index < -0.39 is 38.2 Å². The van der Waals surface area contributed by atoms with Gasteiger partial charge in [-0.3, -0.25) is 8.74 Å². The molecule has 16 heavy (non-hydrogen) atoms. The van der Waals surface area contributed by atoms with Gasteiger partial charge in [-0.1, -0.05) is 0 Å². The molecule has 1 heterocycles. The minimum atomic E-state index is -4.06. The van der Waals surface area contributed by atoms with E-state index >= 15 is 0 Å². The molecule has 0 radical (unpaired) electrons. The van der Waals surface area contributed by atoms with Gasteiger partial charge in [-0.15, -0.1) is 0 Å². The highest BCUT2D eigenvalue weighted by molar-refractivity contribution is 7.86. The molecule has 0 aromatic rings. The second-order valence-electron chi connectivity index (χ2n) is 3.69. The lowest BCUT2D eigenvalue weighted by molar-refractivity contribution is 0.0289. The van der Waals surface area contributed by atoms with Crippen LogP contribution in [0.2, 0.25) is 0 Å². The summed E-state index contributed by atoms with van der Waals surface area (Å²) in [5, 5.41) is 0. The highest BCUT2D eigenvalue weighted by Crippen LogP contribution is 2.21. The van der Waals surface area contributed by atoms with Crippen LogP contribution in [0.1, 0.15) is 12.8 Å². The molecule has 1 N–H and O–H groups in total. The molecular formula is C7H14O7S2. The van der Waals surface area contributed by atoms with Crippen LogP contribution in [0, 0.1) is 0 Å². The van der Waals surface area contributed by atoms with Gasteiger partial charge in [0.25, 0.3) is 20.2 Å². The molecule has 1 aliphatic rings. The Labute approximate surface area is 94.6 Å². The van der Waals surface area contributed by atoms with E-state index in [9.17, 15) is 16.8 Å². The minimum absolute atomic E-state index is 0.124. The zero-order valence-electron chi connectivity index (χ0n) is 8.70. The first kappa shape index (κ1) is 13.8. The van der Waals surface area contributed by atoms with E-state index in [1.165, 1.54) is 0 Å². The van der Waals surface area contributed by atoms with Crippen LogP contribution in [0.4, 0.5) is 0 Å². The smallest absolute Gasteiger partial charge is 0.267 e. The summed E-state index contributed by atoms with van der Waals surface area (Å²) in [6.07, 6.45) is 0.856. The Bertz CT molecular complexity index is 424. The summed E-state index contributed by atoms with van der Waals surface area (Å²) in [4.78, 5) is 0. The fraction of sp³-hybridized carbons (Fsp3) is 1.00. The molecule has 0 aromatic heterocycles. The van der Waals surface area contributed by atoms with E-state index in [-0.39, 0.29) is 6.61 Å². The highest BCUT2D eigenvalue weighted by atomic mass is 32.2. The lowest BCUT2D eigenvalue weighted by Gasteiger charge is -2.11. The largest absolute Gasteiger partial charge is 0.371 e. The summed E-state index contributed by atoms with van der Waals surface area (Å²) in [5.41, 5.74) is 0. The summed E-state index contributed by atoms with van der Waals surface area (Å²) >= 11 is 0. The summed E-state index contributed by atoms with van der Waals surface area (Å²) in [5.74, 6) is -0.470. The van der Waals surface area contributed by atoms with E-state index in [0.29, 0.717) is 12.8 Å². The van der Waals surface area contributed by atoms with Gasteiger partial charge in [0.05, 0.1) is 25.1 Å². The maximum Gasteiger partial charge on any atom is 0.267 e. The third-order valence-electron chi connectivity index (χ3n) is 2.06. The van der Waals surface area contributed by atoms with Crippen molar-refractivity contribution in [3.8, 4) is 0 Å². The zero-order valence-corrected chi connectivity index (χ0v) is 10.3. The van der Waals surface area contributed by atoms with Crippen molar-refractivity contribution in [3.63, 3.8) is 0 Å². The molecule has 9 heteroatoms. The van der Waals surface area contributed by atoms with E-state index in [0.717, 1.165) is 6.26 Å². The predicted molar refractivity (Wildman–Crippen MR) is 55.1 cm³/mol.